The van der Waals surface area contributed by atoms with Gasteiger partial charge in [0.15, 0.2) is 9.84 Å². The van der Waals surface area contributed by atoms with Crippen LogP contribution in [-0.4, -0.2) is 50.2 Å². The van der Waals surface area contributed by atoms with E-state index in [-0.39, 0.29) is 29.7 Å². The Morgan fingerprint density at radius 1 is 1.36 bits per heavy atom. The van der Waals surface area contributed by atoms with Gasteiger partial charge in [0, 0.05) is 4.90 Å². The van der Waals surface area contributed by atoms with Gasteiger partial charge in [-0.05, 0) is 18.6 Å². The number of hydrogen-bond acceptors (Lipinski definition) is 6. The van der Waals surface area contributed by atoms with E-state index in [1.54, 1.807) is 12.1 Å². The van der Waals surface area contributed by atoms with Crippen LogP contribution < -0.4 is 4.90 Å². The van der Waals surface area contributed by atoms with Crippen molar-refractivity contribution in [2.75, 3.05) is 28.7 Å². The minimum Gasteiger partial charge on any atom is -0.460 e. The second kappa shape index (κ2) is 5.92. The highest BCUT2D eigenvalue weighted by Gasteiger charge is 2.32. The van der Waals surface area contributed by atoms with Crippen LogP contribution in [0.2, 0.25) is 0 Å². The predicted octanol–water partition coefficient (Wildman–Crippen LogP) is 0.856. The number of ether oxygens (including phenoxy) is 1. The Hall–Kier alpha value is -1.54. The summed E-state index contributed by atoms with van der Waals surface area (Å²) >= 11 is 1.44. The molecule has 1 aromatic rings. The lowest BCUT2D eigenvalue weighted by Gasteiger charge is -2.28. The fourth-order valence-corrected chi connectivity index (χ4v) is 5.06. The van der Waals surface area contributed by atoms with Crippen molar-refractivity contribution in [1.29, 1.82) is 0 Å². The zero-order chi connectivity index (χ0) is 15.7. The molecular weight excluding hydrogens is 326 g/mol. The number of hydrogen-bond donors (Lipinski definition) is 0. The topological polar surface area (TPSA) is 80.8 Å². The van der Waals surface area contributed by atoms with Crippen LogP contribution in [0.1, 0.15) is 6.42 Å². The van der Waals surface area contributed by atoms with E-state index in [4.69, 9.17) is 4.74 Å². The molecule has 0 spiro atoms. The molecule has 1 fully saturated rings. The van der Waals surface area contributed by atoms with Gasteiger partial charge in [-0.3, -0.25) is 14.5 Å². The summed E-state index contributed by atoms with van der Waals surface area (Å²) in [5, 5.41) is 0. The number of fused-ring (bicyclic) bond motifs is 1. The molecule has 0 saturated carbocycles. The van der Waals surface area contributed by atoms with Crippen molar-refractivity contribution < 1.29 is 22.7 Å². The Kier molecular flexibility index (Phi) is 4.14. The molecule has 0 N–H and O–H groups in total. The number of nitrogens with zero attached hydrogens (tertiary/aromatic N) is 1. The van der Waals surface area contributed by atoms with E-state index in [0.717, 1.165) is 4.90 Å². The minimum atomic E-state index is -3.09. The van der Waals surface area contributed by atoms with Gasteiger partial charge in [0.1, 0.15) is 12.6 Å². The van der Waals surface area contributed by atoms with Gasteiger partial charge in [-0.25, -0.2) is 8.42 Å². The third-order valence-electron chi connectivity index (χ3n) is 3.58. The number of amides is 1. The molecule has 8 heteroatoms. The summed E-state index contributed by atoms with van der Waals surface area (Å²) in [6.45, 7) is -0.188. The Balaban J connectivity index is 1.68. The maximum atomic E-state index is 12.0. The predicted molar refractivity (Wildman–Crippen MR) is 82.7 cm³/mol. The van der Waals surface area contributed by atoms with E-state index < -0.39 is 21.9 Å². The first-order valence-electron chi connectivity index (χ1n) is 6.87. The molecule has 22 heavy (non-hydrogen) atoms. The fraction of sp³-hybridized carbons (Fsp3) is 0.429. The number of para-hydroxylation sites is 1. The summed E-state index contributed by atoms with van der Waals surface area (Å²) in [7, 11) is -3.09. The molecule has 1 amide bonds. The van der Waals surface area contributed by atoms with Crippen molar-refractivity contribution in [3.8, 4) is 0 Å². The first-order valence-corrected chi connectivity index (χ1v) is 9.67. The molecular formula is C14H15NO5S2. The molecule has 0 bridgehead atoms. The molecule has 6 nitrogen and oxygen atoms in total. The molecule has 1 atom stereocenters. The van der Waals surface area contributed by atoms with E-state index in [1.807, 2.05) is 12.1 Å². The second-order valence-electron chi connectivity index (χ2n) is 5.25. The second-order valence-corrected chi connectivity index (χ2v) is 8.50. The van der Waals surface area contributed by atoms with Crippen molar-refractivity contribution in [2.24, 2.45) is 0 Å². The van der Waals surface area contributed by atoms with Gasteiger partial charge in [-0.2, -0.15) is 0 Å². The van der Waals surface area contributed by atoms with Crippen molar-refractivity contribution >= 4 is 39.2 Å². The molecule has 2 aliphatic heterocycles. The summed E-state index contributed by atoms with van der Waals surface area (Å²) in [4.78, 5) is 26.4. The van der Waals surface area contributed by atoms with E-state index in [9.17, 15) is 18.0 Å². The third-order valence-corrected chi connectivity index (χ3v) is 6.37. The maximum Gasteiger partial charge on any atom is 0.326 e. The van der Waals surface area contributed by atoms with Crippen molar-refractivity contribution in [1.82, 2.24) is 0 Å². The van der Waals surface area contributed by atoms with Gasteiger partial charge in [-0.15, -0.1) is 11.8 Å². The monoisotopic (exact) mass is 341 g/mol. The molecule has 2 aliphatic rings. The molecule has 0 aliphatic carbocycles. The van der Waals surface area contributed by atoms with E-state index in [0.29, 0.717) is 12.1 Å². The summed E-state index contributed by atoms with van der Waals surface area (Å²) in [5.74, 6) is -0.522. The zero-order valence-corrected chi connectivity index (χ0v) is 13.4. The molecule has 0 aromatic heterocycles. The number of anilines is 1. The highest BCUT2D eigenvalue weighted by molar-refractivity contribution is 8.00. The molecule has 2 heterocycles. The lowest BCUT2D eigenvalue weighted by atomic mass is 10.2. The van der Waals surface area contributed by atoms with Crippen LogP contribution in [0.3, 0.4) is 0 Å². The van der Waals surface area contributed by atoms with Crippen molar-refractivity contribution in [2.45, 2.75) is 17.4 Å². The summed E-state index contributed by atoms with van der Waals surface area (Å²) in [5.41, 5.74) is 0.694. The van der Waals surface area contributed by atoms with Crippen LogP contribution in [0.25, 0.3) is 0 Å². The maximum absolute atomic E-state index is 12.0. The fourth-order valence-electron chi connectivity index (χ4n) is 2.53. The van der Waals surface area contributed by atoms with Gasteiger partial charge in [0.25, 0.3) is 0 Å². The Morgan fingerprint density at radius 2 is 2.14 bits per heavy atom. The Morgan fingerprint density at radius 3 is 2.86 bits per heavy atom. The largest absolute Gasteiger partial charge is 0.460 e. The van der Waals surface area contributed by atoms with Gasteiger partial charge in [-0.1, -0.05) is 12.1 Å². The third kappa shape index (κ3) is 3.27. The standard InChI is InChI=1S/C14H15NO5S2/c16-13-8-21-12-4-2-1-3-11(12)15(13)7-14(17)20-10-5-6-22(18,19)9-10/h1-4,10H,5-9H2. The number of benzene rings is 1. The normalized spacial score (nSPS) is 23.2. The lowest BCUT2D eigenvalue weighted by Crippen LogP contribution is -2.40. The quantitative estimate of drug-likeness (QED) is 0.759. The van der Waals surface area contributed by atoms with Crippen LogP contribution in [0, 0.1) is 0 Å². The average molecular weight is 341 g/mol. The van der Waals surface area contributed by atoms with Crippen LogP contribution in [-0.2, 0) is 24.2 Å². The number of esters is 1. The van der Waals surface area contributed by atoms with Crippen LogP contribution in [0.15, 0.2) is 29.2 Å². The Labute approximate surface area is 132 Å². The van der Waals surface area contributed by atoms with E-state index in [2.05, 4.69) is 0 Å². The zero-order valence-electron chi connectivity index (χ0n) is 11.7. The van der Waals surface area contributed by atoms with Gasteiger partial charge < -0.3 is 4.74 Å². The van der Waals surface area contributed by atoms with Crippen molar-refractivity contribution in [3.63, 3.8) is 0 Å². The highest BCUT2D eigenvalue weighted by atomic mass is 32.2. The lowest BCUT2D eigenvalue weighted by molar-refractivity contribution is -0.146. The van der Waals surface area contributed by atoms with Crippen LogP contribution in [0.5, 0.6) is 0 Å². The summed E-state index contributed by atoms with van der Waals surface area (Å²) < 4.78 is 27.9. The van der Waals surface area contributed by atoms with Crippen LogP contribution in [0.4, 0.5) is 5.69 Å². The molecule has 1 aromatic carbocycles. The van der Waals surface area contributed by atoms with Gasteiger partial charge >= 0.3 is 5.97 Å². The van der Waals surface area contributed by atoms with Crippen molar-refractivity contribution in [3.05, 3.63) is 24.3 Å². The van der Waals surface area contributed by atoms with Gasteiger partial charge in [0.2, 0.25) is 5.91 Å². The molecule has 118 valence electrons. The summed E-state index contributed by atoms with van der Waals surface area (Å²) in [6, 6.07) is 7.36. The molecule has 1 saturated heterocycles. The number of rotatable bonds is 3. The number of thioether (sulfide) groups is 1. The number of carbonyl (C=O) groups excluding carboxylic acids is 2. The highest BCUT2D eigenvalue weighted by Crippen LogP contribution is 2.34. The first-order chi connectivity index (χ1) is 10.4. The van der Waals surface area contributed by atoms with Crippen LogP contribution >= 0.6 is 11.8 Å². The average Bonchev–Trinajstić information content (AvgIpc) is 2.81. The minimum absolute atomic E-state index is 0.0487. The summed E-state index contributed by atoms with van der Waals surface area (Å²) in [6.07, 6.45) is -0.268. The van der Waals surface area contributed by atoms with E-state index in [1.165, 1.54) is 16.7 Å². The SMILES string of the molecule is O=C(CN1C(=O)CSc2ccccc21)OC1CCS(=O)(=O)C1. The van der Waals surface area contributed by atoms with E-state index >= 15 is 0 Å². The molecule has 1 unspecified atom stereocenters. The number of sulfone groups is 1. The number of carbonyl (C=O) groups is 2. The molecule has 3 rings (SSSR count). The van der Waals surface area contributed by atoms with Gasteiger partial charge in [0.05, 0.1) is 22.9 Å². The Bertz CT molecular complexity index is 716. The first kappa shape index (κ1) is 15.4. The smallest absolute Gasteiger partial charge is 0.326 e. The molecule has 0 radical (unpaired) electrons.